The van der Waals surface area contributed by atoms with E-state index in [-0.39, 0.29) is 5.60 Å². The lowest BCUT2D eigenvalue weighted by atomic mass is 9.85. The number of hydrogen-bond acceptors (Lipinski definition) is 2. The fourth-order valence-electron chi connectivity index (χ4n) is 2.44. The maximum atomic E-state index is 5.79. The molecule has 0 spiro atoms. The van der Waals surface area contributed by atoms with Crippen LogP contribution in [0, 0.1) is 0 Å². The van der Waals surface area contributed by atoms with Crippen LogP contribution in [0.5, 0.6) is 0 Å². The summed E-state index contributed by atoms with van der Waals surface area (Å²) in [5, 5.41) is 3.58. The summed E-state index contributed by atoms with van der Waals surface area (Å²) in [7, 11) is 1.84. The van der Waals surface area contributed by atoms with Gasteiger partial charge in [-0.25, -0.2) is 0 Å². The highest BCUT2D eigenvalue weighted by Gasteiger charge is 2.34. The predicted octanol–water partition coefficient (Wildman–Crippen LogP) is 3.53. The standard InChI is InChI=1S/C14H29NO/c1-6-10-11-12-13(15-9-4)14(7-2,8-3)16-5/h6,13,15H,1,7-12H2,2-5H3. The average molecular weight is 227 g/mol. The fraction of sp³-hybridized carbons (Fsp3) is 0.857. The van der Waals surface area contributed by atoms with Gasteiger partial charge >= 0.3 is 0 Å². The first-order valence-electron chi connectivity index (χ1n) is 6.60. The van der Waals surface area contributed by atoms with Crippen molar-refractivity contribution in [1.82, 2.24) is 5.32 Å². The predicted molar refractivity (Wildman–Crippen MR) is 71.8 cm³/mol. The molecule has 16 heavy (non-hydrogen) atoms. The van der Waals surface area contributed by atoms with Gasteiger partial charge in [0.05, 0.1) is 5.60 Å². The molecule has 1 unspecified atom stereocenters. The Balaban J connectivity index is 4.49. The number of rotatable bonds is 10. The minimum absolute atomic E-state index is 0.00280. The summed E-state index contributed by atoms with van der Waals surface area (Å²) >= 11 is 0. The topological polar surface area (TPSA) is 21.3 Å². The third-order valence-corrected chi connectivity index (χ3v) is 3.59. The summed E-state index contributed by atoms with van der Waals surface area (Å²) in [5.74, 6) is 0. The molecule has 0 amide bonds. The largest absolute Gasteiger partial charge is 0.377 e. The number of likely N-dealkylation sites (N-methyl/N-ethyl adjacent to an activating group) is 1. The molecule has 0 bridgehead atoms. The van der Waals surface area contributed by atoms with E-state index in [1.807, 2.05) is 13.2 Å². The number of methoxy groups -OCH3 is 1. The molecular weight excluding hydrogens is 198 g/mol. The van der Waals surface area contributed by atoms with E-state index in [4.69, 9.17) is 4.74 Å². The highest BCUT2D eigenvalue weighted by atomic mass is 16.5. The first-order valence-corrected chi connectivity index (χ1v) is 6.60. The van der Waals surface area contributed by atoms with Crippen molar-refractivity contribution in [2.75, 3.05) is 13.7 Å². The Hall–Kier alpha value is -0.340. The smallest absolute Gasteiger partial charge is 0.0825 e. The van der Waals surface area contributed by atoms with Crippen molar-refractivity contribution in [3.8, 4) is 0 Å². The maximum absolute atomic E-state index is 5.79. The molecule has 0 rings (SSSR count). The van der Waals surface area contributed by atoms with Crippen LogP contribution >= 0.6 is 0 Å². The van der Waals surface area contributed by atoms with Crippen molar-refractivity contribution in [1.29, 1.82) is 0 Å². The van der Waals surface area contributed by atoms with Gasteiger partial charge in [-0.3, -0.25) is 0 Å². The average Bonchev–Trinajstić information content (AvgIpc) is 2.32. The molecule has 0 aromatic carbocycles. The van der Waals surface area contributed by atoms with Crippen LogP contribution in [0.2, 0.25) is 0 Å². The van der Waals surface area contributed by atoms with Crippen LogP contribution in [-0.2, 0) is 4.74 Å². The number of nitrogens with one attached hydrogen (secondary N) is 1. The molecule has 96 valence electrons. The summed E-state index contributed by atoms with van der Waals surface area (Å²) < 4.78 is 5.79. The molecule has 0 fully saturated rings. The Morgan fingerprint density at radius 2 is 1.94 bits per heavy atom. The Kier molecular flexibility index (Phi) is 8.58. The summed E-state index contributed by atoms with van der Waals surface area (Å²) in [5.41, 5.74) is -0.00280. The Bertz CT molecular complexity index is 167. The first kappa shape index (κ1) is 15.7. The number of allylic oxidation sites excluding steroid dienone is 1. The summed E-state index contributed by atoms with van der Waals surface area (Å²) in [6.45, 7) is 11.4. The quantitative estimate of drug-likeness (QED) is 0.455. The van der Waals surface area contributed by atoms with Gasteiger partial charge in [-0.2, -0.15) is 0 Å². The van der Waals surface area contributed by atoms with Gasteiger partial charge in [0, 0.05) is 13.2 Å². The van der Waals surface area contributed by atoms with Crippen LogP contribution in [0.15, 0.2) is 12.7 Å². The van der Waals surface area contributed by atoms with E-state index < -0.39 is 0 Å². The molecule has 1 atom stereocenters. The van der Waals surface area contributed by atoms with E-state index in [2.05, 4.69) is 32.7 Å². The normalized spacial score (nSPS) is 13.8. The second-order valence-corrected chi connectivity index (χ2v) is 4.31. The van der Waals surface area contributed by atoms with Gasteiger partial charge < -0.3 is 10.1 Å². The summed E-state index contributed by atoms with van der Waals surface area (Å²) in [4.78, 5) is 0. The molecule has 2 heteroatoms. The molecule has 0 aliphatic heterocycles. The number of hydrogen-bond donors (Lipinski definition) is 1. The zero-order chi connectivity index (χ0) is 12.4. The van der Waals surface area contributed by atoms with Gasteiger partial charge in [0.25, 0.3) is 0 Å². The van der Waals surface area contributed by atoms with Crippen molar-refractivity contribution in [2.45, 2.75) is 64.5 Å². The van der Waals surface area contributed by atoms with E-state index in [0.717, 1.165) is 32.2 Å². The lowest BCUT2D eigenvalue weighted by Gasteiger charge is -2.39. The van der Waals surface area contributed by atoms with Crippen LogP contribution in [0.3, 0.4) is 0 Å². The van der Waals surface area contributed by atoms with Gasteiger partial charge in [0.2, 0.25) is 0 Å². The van der Waals surface area contributed by atoms with Crippen molar-refractivity contribution < 1.29 is 4.74 Å². The molecule has 0 heterocycles. The zero-order valence-electron chi connectivity index (χ0n) is 11.5. The maximum Gasteiger partial charge on any atom is 0.0825 e. The Morgan fingerprint density at radius 1 is 1.31 bits per heavy atom. The third-order valence-electron chi connectivity index (χ3n) is 3.59. The zero-order valence-corrected chi connectivity index (χ0v) is 11.5. The van der Waals surface area contributed by atoms with E-state index in [9.17, 15) is 0 Å². The SMILES string of the molecule is C=CCCCC(NCC)C(CC)(CC)OC. The minimum Gasteiger partial charge on any atom is -0.377 e. The molecule has 1 N–H and O–H groups in total. The van der Waals surface area contributed by atoms with Crippen LogP contribution in [0.4, 0.5) is 0 Å². The van der Waals surface area contributed by atoms with E-state index in [1.54, 1.807) is 0 Å². The Labute approximate surface area is 101 Å². The molecular formula is C14H29NO. The number of ether oxygens (including phenoxy) is 1. The summed E-state index contributed by atoms with van der Waals surface area (Å²) in [6, 6.07) is 0.456. The monoisotopic (exact) mass is 227 g/mol. The highest BCUT2D eigenvalue weighted by Crippen LogP contribution is 2.27. The second-order valence-electron chi connectivity index (χ2n) is 4.31. The molecule has 0 aromatic heterocycles. The van der Waals surface area contributed by atoms with Crippen molar-refractivity contribution in [3.05, 3.63) is 12.7 Å². The third kappa shape index (κ3) is 4.26. The van der Waals surface area contributed by atoms with E-state index in [0.29, 0.717) is 6.04 Å². The van der Waals surface area contributed by atoms with Crippen LogP contribution in [0.25, 0.3) is 0 Å². The van der Waals surface area contributed by atoms with Gasteiger partial charge in [-0.05, 0) is 38.6 Å². The molecule has 0 saturated heterocycles. The van der Waals surface area contributed by atoms with Crippen LogP contribution in [-0.4, -0.2) is 25.3 Å². The van der Waals surface area contributed by atoms with Crippen LogP contribution < -0.4 is 5.32 Å². The molecule has 0 aliphatic carbocycles. The van der Waals surface area contributed by atoms with Crippen molar-refractivity contribution >= 4 is 0 Å². The van der Waals surface area contributed by atoms with Crippen LogP contribution in [0.1, 0.15) is 52.9 Å². The fourth-order valence-corrected chi connectivity index (χ4v) is 2.44. The van der Waals surface area contributed by atoms with Gasteiger partial charge in [-0.1, -0.05) is 26.8 Å². The van der Waals surface area contributed by atoms with Gasteiger partial charge in [0.1, 0.15) is 0 Å². The molecule has 0 radical (unpaired) electrons. The highest BCUT2D eigenvalue weighted by molar-refractivity contribution is 4.91. The number of unbranched alkanes of at least 4 members (excludes halogenated alkanes) is 1. The second kappa shape index (κ2) is 8.77. The molecule has 0 saturated carbocycles. The van der Waals surface area contributed by atoms with Gasteiger partial charge in [0.15, 0.2) is 0 Å². The minimum atomic E-state index is -0.00280. The van der Waals surface area contributed by atoms with Gasteiger partial charge in [-0.15, -0.1) is 6.58 Å². The van der Waals surface area contributed by atoms with E-state index in [1.165, 1.54) is 6.42 Å². The first-order chi connectivity index (χ1) is 7.70. The lowest BCUT2D eigenvalue weighted by Crippen LogP contribution is -2.51. The summed E-state index contributed by atoms with van der Waals surface area (Å²) in [6.07, 6.45) is 7.56. The molecule has 0 aromatic rings. The van der Waals surface area contributed by atoms with Crippen molar-refractivity contribution in [2.24, 2.45) is 0 Å². The van der Waals surface area contributed by atoms with E-state index >= 15 is 0 Å². The van der Waals surface area contributed by atoms with Crippen molar-refractivity contribution in [3.63, 3.8) is 0 Å². The molecule has 0 aliphatic rings. The lowest BCUT2D eigenvalue weighted by molar-refractivity contribution is -0.0493. The molecule has 2 nitrogen and oxygen atoms in total. The Morgan fingerprint density at radius 3 is 2.31 bits per heavy atom.